The minimum Gasteiger partial charge on any atom is -0.480 e. The van der Waals surface area contributed by atoms with E-state index in [1.807, 2.05) is 54.6 Å². The predicted octanol–water partition coefficient (Wildman–Crippen LogP) is 3.61. The number of ether oxygens (including phenoxy) is 1. The minimum absolute atomic E-state index is 0.187. The van der Waals surface area contributed by atoms with E-state index in [9.17, 15) is 4.79 Å². The molecule has 0 saturated heterocycles. The number of nitrogens with zero attached hydrogens (tertiary/aromatic N) is 2. The molecule has 0 bridgehead atoms. The van der Waals surface area contributed by atoms with Gasteiger partial charge in [-0.3, -0.25) is 4.79 Å². The Morgan fingerprint density at radius 2 is 1.80 bits per heavy atom. The number of anilines is 1. The van der Waals surface area contributed by atoms with Crippen LogP contribution >= 0.6 is 11.6 Å². The van der Waals surface area contributed by atoms with Crippen LogP contribution in [-0.2, 0) is 0 Å². The molecule has 3 rings (SSSR count). The Hall–Kier alpha value is -2.79. The quantitative estimate of drug-likeness (QED) is 0.734. The summed E-state index contributed by atoms with van der Waals surface area (Å²) in [4.78, 5) is 12.4. The molecule has 0 amide bonds. The van der Waals surface area contributed by atoms with Crippen LogP contribution in [0, 0.1) is 0 Å². The highest BCUT2D eigenvalue weighted by Gasteiger charge is 2.17. The summed E-state index contributed by atoms with van der Waals surface area (Å²) in [6.45, 7) is 0.492. The fourth-order valence-corrected chi connectivity index (χ4v) is 2.67. The molecule has 3 aromatic rings. The van der Waals surface area contributed by atoms with Gasteiger partial charge in [0.05, 0.1) is 13.2 Å². The molecule has 0 radical (unpaired) electrons. The first kappa shape index (κ1) is 17.0. The van der Waals surface area contributed by atoms with Gasteiger partial charge in [-0.25, -0.2) is 4.68 Å². The standard InChI is InChI=1S/C19H18ClN3O2/c1-25-18-11-12-19(24)23(22-18)17(14-5-3-2-4-6-14)13-21-16-9-7-15(20)8-10-16/h2-12,17,21H,13H2,1H3. The second-order valence-electron chi connectivity index (χ2n) is 5.47. The van der Waals surface area contributed by atoms with Crippen molar-refractivity contribution in [3.63, 3.8) is 0 Å². The Kier molecular flexibility index (Phi) is 5.36. The molecule has 128 valence electrons. The smallest absolute Gasteiger partial charge is 0.267 e. The Bertz CT molecular complexity index is 879. The van der Waals surface area contributed by atoms with E-state index in [2.05, 4.69) is 10.4 Å². The highest BCUT2D eigenvalue weighted by atomic mass is 35.5. The maximum absolute atomic E-state index is 12.4. The minimum atomic E-state index is -0.278. The first-order chi connectivity index (χ1) is 12.2. The van der Waals surface area contributed by atoms with Gasteiger partial charge in [0, 0.05) is 29.4 Å². The summed E-state index contributed by atoms with van der Waals surface area (Å²) >= 11 is 5.92. The first-order valence-electron chi connectivity index (χ1n) is 7.85. The number of rotatable bonds is 6. The molecule has 0 fully saturated rings. The van der Waals surface area contributed by atoms with Gasteiger partial charge in [0.2, 0.25) is 5.88 Å². The molecule has 1 unspecified atom stereocenters. The van der Waals surface area contributed by atoms with Gasteiger partial charge in [0.15, 0.2) is 0 Å². The number of methoxy groups -OCH3 is 1. The van der Waals surface area contributed by atoms with E-state index in [1.165, 1.54) is 17.9 Å². The molecule has 5 nitrogen and oxygen atoms in total. The molecule has 0 spiro atoms. The highest BCUT2D eigenvalue weighted by Crippen LogP contribution is 2.19. The van der Waals surface area contributed by atoms with Gasteiger partial charge in [-0.15, -0.1) is 5.10 Å². The van der Waals surface area contributed by atoms with Crippen molar-refractivity contribution < 1.29 is 4.74 Å². The second-order valence-corrected chi connectivity index (χ2v) is 5.91. The van der Waals surface area contributed by atoms with Crippen LogP contribution in [0.3, 0.4) is 0 Å². The van der Waals surface area contributed by atoms with E-state index in [4.69, 9.17) is 16.3 Å². The molecule has 1 N–H and O–H groups in total. The molecule has 25 heavy (non-hydrogen) atoms. The number of halogens is 1. The van der Waals surface area contributed by atoms with Crippen LogP contribution in [0.1, 0.15) is 11.6 Å². The van der Waals surface area contributed by atoms with Crippen LogP contribution in [0.4, 0.5) is 5.69 Å². The van der Waals surface area contributed by atoms with E-state index >= 15 is 0 Å². The fraction of sp³-hybridized carbons (Fsp3) is 0.158. The van der Waals surface area contributed by atoms with Crippen molar-refractivity contribution in [1.29, 1.82) is 0 Å². The van der Waals surface area contributed by atoms with Crippen LogP contribution in [0.5, 0.6) is 5.88 Å². The van der Waals surface area contributed by atoms with Gasteiger partial charge in [-0.05, 0) is 29.8 Å². The Morgan fingerprint density at radius 3 is 2.48 bits per heavy atom. The zero-order valence-electron chi connectivity index (χ0n) is 13.7. The van der Waals surface area contributed by atoms with Gasteiger partial charge in [0.1, 0.15) is 0 Å². The van der Waals surface area contributed by atoms with Gasteiger partial charge in [-0.1, -0.05) is 41.9 Å². The molecule has 0 saturated carbocycles. The number of hydrogen-bond acceptors (Lipinski definition) is 4. The molecule has 0 aliphatic heterocycles. The predicted molar refractivity (Wildman–Crippen MR) is 99.6 cm³/mol. The van der Waals surface area contributed by atoms with Crippen molar-refractivity contribution in [3.8, 4) is 5.88 Å². The molecule has 1 aromatic heterocycles. The molecule has 1 heterocycles. The van der Waals surface area contributed by atoms with Gasteiger partial charge in [0.25, 0.3) is 5.56 Å². The summed E-state index contributed by atoms with van der Waals surface area (Å²) < 4.78 is 6.61. The topological polar surface area (TPSA) is 56.1 Å². The summed E-state index contributed by atoms with van der Waals surface area (Å²) in [7, 11) is 1.53. The summed E-state index contributed by atoms with van der Waals surface area (Å²) in [5.74, 6) is 0.395. The SMILES string of the molecule is COc1ccc(=O)n(C(CNc2ccc(Cl)cc2)c2ccccc2)n1. The van der Waals surface area contributed by atoms with Gasteiger partial charge < -0.3 is 10.1 Å². The van der Waals surface area contributed by atoms with Crippen molar-refractivity contribution in [2.45, 2.75) is 6.04 Å². The zero-order chi connectivity index (χ0) is 17.6. The van der Waals surface area contributed by atoms with Crippen molar-refractivity contribution >= 4 is 17.3 Å². The van der Waals surface area contributed by atoms with E-state index in [1.54, 1.807) is 6.07 Å². The first-order valence-corrected chi connectivity index (χ1v) is 8.23. The largest absolute Gasteiger partial charge is 0.480 e. The van der Waals surface area contributed by atoms with E-state index < -0.39 is 0 Å². The van der Waals surface area contributed by atoms with Crippen LogP contribution in [-0.4, -0.2) is 23.4 Å². The van der Waals surface area contributed by atoms with E-state index in [0.29, 0.717) is 17.4 Å². The normalized spacial score (nSPS) is 11.8. The zero-order valence-corrected chi connectivity index (χ0v) is 14.5. The lowest BCUT2D eigenvalue weighted by Crippen LogP contribution is -2.31. The average Bonchev–Trinajstić information content (AvgIpc) is 2.65. The lowest BCUT2D eigenvalue weighted by molar-refractivity contribution is 0.369. The number of aromatic nitrogens is 2. The second kappa shape index (κ2) is 7.85. The third kappa shape index (κ3) is 4.19. The third-order valence-electron chi connectivity index (χ3n) is 3.83. The monoisotopic (exact) mass is 355 g/mol. The molecule has 6 heteroatoms. The van der Waals surface area contributed by atoms with Crippen molar-refractivity contribution in [1.82, 2.24) is 9.78 Å². The maximum Gasteiger partial charge on any atom is 0.267 e. The van der Waals surface area contributed by atoms with Crippen LogP contribution < -0.4 is 15.6 Å². The molecule has 2 aromatic carbocycles. The molecule has 1 atom stereocenters. The average molecular weight is 356 g/mol. The lowest BCUT2D eigenvalue weighted by atomic mass is 10.1. The van der Waals surface area contributed by atoms with Crippen molar-refractivity contribution in [3.05, 3.63) is 87.7 Å². The summed E-state index contributed by atoms with van der Waals surface area (Å²) in [5, 5.41) is 8.33. The number of benzene rings is 2. The molecular formula is C19H18ClN3O2. The van der Waals surface area contributed by atoms with Gasteiger partial charge in [-0.2, -0.15) is 0 Å². The summed E-state index contributed by atoms with van der Waals surface area (Å²) in [6, 6.07) is 19.9. The summed E-state index contributed by atoms with van der Waals surface area (Å²) in [5.41, 5.74) is 1.71. The molecule has 0 aliphatic rings. The molecule has 0 aliphatic carbocycles. The Morgan fingerprint density at radius 1 is 1.08 bits per heavy atom. The number of hydrogen-bond donors (Lipinski definition) is 1. The lowest BCUT2D eigenvalue weighted by Gasteiger charge is -2.20. The third-order valence-corrected chi connectivity index (χ3v) is 4.09. The summed E-state index contributed by atoms with van der Waals surface area (Å²) in [6.07, 6.45) is 0. The fourth-order valence-electron chi connectivity index (χ4n) is 2.54. The Balaban J connectivity index is 1.93. The maximum atomic E-state index is 12.4. The van der Waals surface area contributed by atoms with Crippen LogP contribution in [0.2, 0.25) is 5.02 Å². The van der Waals surface area contributed by atoms with Crippen molar-refractivity contribution in [2.24, 2.45) is 0 Å². The highest BCUT2D eigenvalue weighted by molar-refractivity contribution is 6.30. The Labute approximate surface area is 150 Å². The van der Waals surface area contributed by atoms with Gasteiger partial charge >= 0.3 is 0 Å². The molecular weight excluding hydrogens is 338 g/mol. The van der Waals surface area contributed by atoms with Crippen molar-refractivity contribution in [2.75, 3.05) is 19.0 Å². The number of nitrogens with one attached hydrogen (secondary N) is 1. The van der Waals surface area contributed by atoms with Crippen LogP contribution in [0.25, 0.3) is 0 Å². The van der Waals surface area contributed by atoms with Crippen LogP contribution in [0.15, 0.2) is 71.5 Å². The van der Waals surface area contributed by atoms with E-state index in [-0.39, 0.29) is 11.6 Å². The van der Waals surface area contributed by atoms with E-state index in [0.717, 1.165) is 11.3 Å².